The lowest BCUT2D eigenvalue weighted by atomic mass is 9.84. The van der Waals surface area contributed by atoms with Crippen molar-refractivity contribution in [3.63, 3.8) is 0 Å². The molecule has 2 atom stereocenters. The van der Waals surface area contributed by atoms with Crippen LogP contribution >= 0.6 is 0 Å². The molecule has 0 saturated carbocycles. The Kier molecular flexibility index (Phi) is 5.75. The fraction of sp³-hybridized carbons (Fsp3) is 0.619. The van der Waals surface area contributed by atoms with E-state index >= 15 is 0 Å². The second-order valence-electron chi connectivity index (χ2n) is 8.44. The van der Waals surface area contributed by atoms with Gasteiger partial charge in [0.15, 0.2) is 0 Å². The number of benzene rings is 1. The van der Waals surface area contributed by atoms with Crippen molar-refractivity contribution in [3.8, 4) is 5.75 Å². The van der Waals surface area contributed by atoms with Gasteiger partial charge in [-0.3, -0.25) is 9.59 Å². The first-order valence-electron chi connectivity index (χ1n) is 9.67. The van der Waals surface area contributed by atoms with E-state index in [1.54, 1.807) is 12.1 Å². The number of hydrogen-bond donors (Lipinski definition) is 1. The number of carbonyl (C=O) groups is 2. The zero-order chi connectivity index (χ0) is 19.6. The van der Waals surface area contributed by atoms with Gasteiger partial charge in [0.2, 0.25) is 0 Å². The molecule has 0 aromatic heterocycles. The Balaban J connectivity index is 1.56. The minimum Gasteiger partial charge on any atom is -0.488 e. The predicted octanol–water partition coefficient (Wildman–Crippen LogP) is 3.21. The zero-order valence-electron chi connectivity index (χ0n) is 16.3. The molecule has 1 amide bonds. The Labute approximate surface area is 160 Å². The van der Waals surface area contributed by atoms with Crippen LogP contribution in [0.15, 0.2) is 24.3 Å². The van der Waals surface area contributed by atoms with Crippen LogP contribution in [0.25, 0.3) is 0 Å². The van der Waals surface area contributed by atoms with Crippen LogP contribution in [0.2, 0.25) is 0 Å². The highest BCUT2D eigenvalue weighted by atomic mass is 16.5. The van der Waals surface area contributed by atoms with E-state index in [9.17, 15) is 14.7 Å². The van der Waals surface area contributed by atoms with Crippen molar-refractivity contribution >= 4 is 11.9 Å². The maximum atomic E-state index is 12.8. The molecule has 1 aromatic rings. The maximum absolute atomic E-state index is 12.8. The van der Waals surface area contributed by atoms with Crippen molar-refractivity contribution in [2.45, 2.75) is 51.7 Å². The summed E-state index contributed by atoms with van der Waals surface area (Å²) < 4.78 is 11.5. The van der Waals surface area contributed by atoms with E-state index in [1.807, 2.05) is 37.8 Å². The second kappa shape index (κ2) is 7.89. The van der Waals surface area contributed by atoms with Crippen molar-refractivity contribution in [1.82, 2.24) is 4.90 Å². The molecule has 1 aromatic carbocycles. The van der Waals surface area contributed by atoms with E-state index in [2.05, 4.69) is 0 Å². The number of carboxylic acid groups (broad SMARTS) is 1. The summed E-state index contributed by atoms with van der Waals surface area (Å²) >= 11 is 0. The van der Waals surface area contributed by atoms with Gasteiger partial charge in [0.1, 0.15) is 11.4 Å². The molecule has 0 radical (unpaired) electrons. The van der Waals surface area contributed by atoms with Crippen molar-refractivity contribution in [1.29, 1.82) is 0 Å². The number of rotatable bonds is 4. The molecule has 6 nitrogen and oxygen atoms in total. The minimum absolute atomic E-state index is 0.0119. The number of piperidine rings is 1. The third-order valence-corrected chi connectivity index (χ3v) is 5.27. The van der Waals surface area contributed by atoms with E-state index in [0.717, 1.165) is 18.6 Å². The molecule has 2 aliphatic heterocycles. The van der Waals surface area contributed by atoms with Crippen LogP contribution in [-0.4, -0.2) is 53.3 Å². The van der Waals surface area contributed by atoms with Crippen molar-refractivity contribution in [2.24, 2.45) is 11.8 Å². The summed E-state index contributed by atoms with van der Waals surface area (Å²) in [6.45, 7) is 7.74. The molecule has 27 heavy (non-hydrogen) atoms. The topological polar surface area (TPSA) is 76.1 Å². The van der Waals surface area contributed by atoms with Gasteiger partial charge in [-0.1, -0.05) is 0 Å². The molecule has 1 unspecified atom stereocenters. The number of carbonyl (C=O) groups excluding carboxylic acids is 1. The van der Waals surface area contributed by atoms with Gasteiger partial charge in [0.25, 0.3) is 5.91 Å². The van der Waals surface area contributed by atoms with Gasteiger partial charge in [-0.15, -0.1) is 0 Å². The van der Waals surface area contributed by atoms with Gasteiger partial charge >= 0.3 is 5.97 Å². The average molecular weight is 375 g/mol. The fourth-order valence-electron chi connectivity index (χ4n) is 3.97. The standard InChI is InChI=1S/C21H29NO5/c1-21(2,3)27-16-6-4-15(5-7-16)19(23)22-11-8-14(9-12-22)18-17(20(24)25)10-13-26-18/h4-7,14,17-18H,8-13H2,1-3H3,(H,24,25)/t17?,18-/m0/s1. The molecule has 0 aliphatic carbocycles. The Morgan fingerprint density at radius 3 is 2.30 bits per heavy atom. The van der Waals surface area contributed by atoms with Crippen LogP contribution in [0.3, 0.4) is 0 Å². The third kappa shape index (κ3) is 4.80. The average Bonchev–Trinajstić information content (AvgIpc) is 3.11. The van der Waals surface area contributed by atoms with E-state index < -0.39 is 11.9 Å². The second-order valence-corrected chi connectivity index (χ2v) is 8.44. The largest absolute Gasteiger partial charge is 0.488 e. The van der Waals surface area contributed by atoms with Crippen molar-refractivity contribution < 1.29 is 24.2 Å². The quantitative estimate of drug-likeness (QED) is 0.875. The molecule has 2 saturated heterocycles. The summed E-state index contributed by atoms with van der Waals surface area (Å²) in [4.78, 5) is 26.0. The molecular weight excluding hydrogens is 346 g/mol. The molecule has 148 valence electrons. The van der Waals surface area contributed by atoms with Crippen LogP contribution in [0.5, 0.6) is 5.75 Å². The number of amides is 1. The van der Waals surface area contributed by atoms with Crippen LogP contribution in [-0.2, 0) is 9.53 Å². The van der Waals surface area contributed by atoms with Gasteiger partial charge in [0, 0.05) is 25.3 Å². The van der Waals surface area contributed by atoms with Crippen molar-refractivity contribution in [3.05, 3.63) is 29.8 Å². The SMILES string of the molecule is CC(C)(C)Oc1ccc(C(=O)N2CCC([C@@H]3OCCC3C(=O)O)CC2)cc1. The zero-order valence-corrected chi connectivity index (χ0v) is 16.3. The first-order valence-corrected chi connectivity index (χ1v) is 9.67. The van der Waals surface area contributed by atoms with Crippen LogP contribution in [0, 0.1) is 11.8 Å². The Morgan fingerprint density at radius 2 is 1.74 bits per heavy atom. The molecular formula is C21H29NO5. The van der Waals surface area contributed by atoms with Crippen molar-refractivity contribution in [2.75, 3.05) is 19.7 Å². The molecule has 0 bridgehead atoms. The number of ether oxygens (including phenoxy) is 2. The first kappa shape index (κ1) is 19.7. The molecule has 0 spiro atoms. The molecule has 2 aliphatic rings. The summed E-state index contributed by atoms with van der Waals surface area (Å²) in [5, 5.41) is 9.34. The van der Waals surface area contributed by atoms with E-state index in [-0.39, 0.29) is 23.5 Å². The Hall–Kier alpha value is -2.08. The monoisotopic (exact) mass is 375 g/mol. The summed E-state index contributed by atoms with van der Waals surface area (Å²) in [7, 11) is 0. The summed E-state index contributed by atoms with van der Waals surface area (Å²) in [6.07, 6.45) is 1.94. The molecule has 1 N–H and O–H groups in total. The molecule has 6 heteroatoms. The summed E-state index contributed by atoms with van der Waals surface area (Å²) in [5.41, 5.74) is 0.374. The smallest absolute Gasteiger partial charge is 0.309 e. The van der Waals surface area contributed by atoms with Crippen LogP contribution in [0.4, 0.5) is 0 Å². The lowest BCUT2D eigenvalue weighted by Crippen LogP contribution is -2.43. The maximum Gasteiger partial charge on any atom is 0.309 e. The van der Waals surface area contributed by atoms with Gasteiger partial charge in [-0.25, -0.2) is 0 Å². The minimum atomic E-state index is -0.770. The van der Waals surface area contributed by atoms with Crippen LogP contribution in [0.1, 0.15) is 50.4 Å². The van der Waals surface area contributed by atoms with E-state index in [0.29, 0.717) is 31.7 Å². The first-order chi connectivity index (χ1) is 12.7. The van der Waals surface area contributed by atoms with Crippen LogP contribution < -0.4 is 4.74 Å². The fourth-order valence-corrected chi connectivity index (χ4v) is 3.97. The van der Waals surface area contributed by atoms with Gasteiger partial charge < -0.3 is 19.5 Å². The highest BCUT2D eigenvalue weighted by molar-refractivity contribution is 5.94. The highest BCUT2D eigenvalue weighted by Crippen LogP contribution is 2.33. The molecule has 3 rings (SSSR count). The normalized spacial score (nSPS) is 24.0. The molecule has 2 fully saturated rings. The summed E-state index contributed by atoms with van der Waals surface area (Å²) in [6, 6.07) is 7.26. The number of carboxylic acids is 1. The third-order valence-electron chi connectivity index (χ3n) is 5.27. The van der Waals surface area contributed by atoms with Gasteiger partial charge in [-0.2, -0.15) is 0 Å². The Bertz CT molecular complexity index is 671. The summed E-state index contributed by atoms with van der Waals surface area (Å²) in [5.74, 6) is -0.213. The van der Waals surface area contributed by atoms with E-state index in [4.69, 9.17) is 9.47 Å². The number of hydrogen-bond acceptors (Lipinski definition) is 4. The number of aliphatic carboxylic acids is 1. The van der Waals surface area contributed by atoms with Gasteiger partial charge in [-0.05, 0) is 70.2 Å². The molecule has 2 heterocycles. The van der Waals surface area contributed by atoms with E-state index in [1.165, 1.54) is 0 Å². The Morgan fingerprint density at radius 1 is 1.11 bits per heavy atom. The highest BCUT2D eigenvalue weighted by Gasteiger charge is 2.40. The number of nitrogens with zero attached hydrogens (tertiary/aromatic N) is 1. The lowest BCUT2D eigenvalue weighted by Gasteiger charge is -2.35. The number of likely N-dealkylation sites (tertiary alicyclic amines) is 1. The predicted molar refractivity (Wildman–Crippen MR) is 101 cm³/mol. The van der Waals surface area contributed by atoms with Gasteiger partial charge in [0.05, 0.1) is 12.0 Å². The lowest BCUT2D eigenvalue weighted by molar-refractivity contribution is -0.145.